The van der Waals surface area contributed by atoms with E-state index in [4.69, 9.17) is 0 Å². The molecule has 0 radical (unpaired) electrons. The zero-order valence-electron chi connectivity index (χ0n) is 8.54. The molecular weight excluding hydrogens is 279 g/mol. The lowest BCUT2D eigenvalue weighted by molar-refractivity contribution is -0.384. The Kier molecular flexibility index (Phi) is 2.84. The molecule has 86 valence electrons. The van der Waals surface area contributed by atoms with Crippen molar-refractivity contribution in [2.24, 2.45) is 5.92 Å². The largest absolute Gasteiger partial charge is 0.376 e. The highest BCUT2D eigenvalue weighted by molar-refractivity contribution is 9.10. The van der Waals surface area contributed by atoms with Crippen LogP contribution in [0.25, 0.3) is 0 Å². The maximum atomic E-state index is 13.2. The fraction of sp³-hybridized carbons (Fsp3) is 0.400. The molecule has 0 amide bonds. The summed E-state index contributed by atoms with van der Waals surface area (Å²) in [6, 6.07) is 2.61. The molecule has 1 aromatic rings. The number of halogens is 2. The van der Waals surface area contributed by atoms with Gasteiger partial charge in [-0.2, -0.15) is 0 Å². The van der Waals surface area contributed by atoms with Gasteiger partial charge in [-0.05, 0) is 34.3 Å². The summed E-state index contributed by atoms with van der Waals surface area (Å²) in [4.78, 5) is 10.2. The topological polar surface area (TPSA) is 55.2 Å². The molecule has 0 saturated heterocycles. The van der Waals surface area contributed by atoms with Crippen LogP contribution >= 0.6 is 15.9 Å². The molecule has 1 N–H and O–H groups in total. The Morgan fingerprint density at radius 1 is 1.62 bits per heavy atom. The molecule has 2 atom stereocenters. The number of nitro benzene ring substituents is 1. The van der Waals surface area contributed by atoms with Crippen molar-refractivity contribution in [3.05, 3.63) is 32.5 Å². The summed E-state index contributed by atoms with van der Waals surface area (Å²) in [6.45, 7) is 2.06. The Bertz CT molecular complexity index is 453. The first-order chi connectivity index (χ1) is 7.49. The fourth-order valence-electron chi connectivity index (χ4n) is 1.53. The van der Waals surface area contributed by atoms with Gasteiger partial charge in [0.1, 0.15) is 11.5 Å². The second-order valence-electron chi connectivity index (χ2n) is 4.00. The molecule has 1 aliphatic carbocycles. The van der Waals surface area contributed by atoms with Crippen LogP contribution in [0.5, 0.6) is 0 Å². The number of anilines is 1. The maximum Gasteiger partial charge on any atom is 0.295 e. The zero-order valence-corrected chi connectivity index (χ0v) is 10.1. The Morgan fingerprint density at radius 2 is 2.25 bits per heavy atom. The second-order valence-corrected chi connectivity index (χ2v) is 4.86. The summed E-state index contributed by atoms with van der Waals surface area (Å²) >= 11 is 3.02. The molecule has 16 heavy (non-hydrogen) atoms. The average Bonchev–Trinajstić information content (AvgIpc) is 2.87. The van der Waals surface area contributed by atoms with Crippen molar-refractivity contribution in [2.75, 3.05) is 5.32 Å². The van der Waals surface area contributed by atoms with E-state index in [1.165, 1.54) is 6.07 Å². The van der Waals surface area contributed by atoms with E-state index in [1.807, 2.05) is 0 Å². The minimum absolute atomic E-state index is 0.222. The number of nitrogens with one attached hydrogen (secondary N) is 1. The monoisotopic (exact) mass is 288 g/mol. The van der Waals surface area contributed by atoms with Gasteiger partial charge in [0, 0.05) is 6.04 Å². The molecule has 0 aliphatic heterocycles. The lowest BCUT2D eigenvalue weighted by atomic mass is 10.2. The highest BCUT2D eigenvalue weighted by Crippen LogP contribution is 2.37. The van der Waals surface area contributed by atoms with Gasteiger partial charge in [0.2, 0.25) is 0 Å². The fourth-order valence-corrected chi connectivity index (χ4v) is 1.87. The molecule has 0 aromatic heterocycles. The van der Waals surface area contributed by atoms with Gasteiger partial charge >= 0.3 is 0 Å². The molecule has 0 spiro atoms. The third-order valence-electron chi connectivity index (χ3n) is 2.69. The SMILES string of the molecule is CC1CC1Nc1cc(Br)c(F)cc1[N+](=O)[O-]. The van der Waals surface area contributed by atoms with E-state index in [2.05, 4.69) is 28.2 Å². The minimum atomic E-state index is -0.624. The van der Waals surface area contributed by atoms with Gasteiger partial charge in [0.05, 0.1) is 15.5 Å². The second kappa shape index (κ2) is 4.01. The quantitative estimate of drug-likeness (QED) is 0.686. The van der Waals surface area contributed by atoms with Crippen LogP contribution in [0.4, 0.5) is 15.8 Å². The Balaban J connectivity index is 2.33. The van der Waals surface area contributed by atoms with Gasteiger partial charge in [0.15, 0.2) is 0 Å². The van der Waals surface area contributed by atoms with E-state index in [0.29, 0.717) is 11.6 Å². The summed E-state index contributed by atoms with van der Waals surface area (Å²) in [5.41, 5.74) is 0.146. The van der Waals surface area contributed by atoms with Crippen molar-refractivity contribution in [2.45, 2.75) is 19.4 Å². The zero-order chi connectivity index (χ0) is 11.9. The van der Waals surface area contributed by atoms with Crippen LogP contribution < -0.4 is 5.32 Å². The molecule has 1 aliphatic rings. The number of hydrogen-bond donors (Lipinski definition) is 1. The number of rotatable bonds is 3. The molecule has 6 heteroatoms. The van der Waals surface area contributed by atoms with E-state index < -0.39 is 10.7 Å². The van der Waals surface area contributed by atoms with E-state index >= 15 is 0 Å². The summed E-state index contributed by atoms with van der Waals surface area (Å²) < 4.78 is 13.4. The number of benzene rings is 1. The van der Waals surface area contributed by atoms with Gasteiger partial charge in [-0.1, -0.05) is 6.92 Å². The Labute approximate surface area is 100 Å². The van der Waals surface area contributed by atoms with Gasteiger partial charge in [-0.15, -0.1) is 0 Å². The van der Waals surface area contributed by atoms with Crippen molar-refractivity contribution in [3.8, 4) is 0 Å². The smallest absolute Gasteiger partial charge is 0.295 e. The third kappa shape index (κ3) is 2.16. The van der Waals surface area contributed by atoms with Crippen LogP contribution in [-0.2, 0) is 0 Å². The minimum Gasteiger partial charge on any atom is -0.376 e. The Morgan fingerprint density at radius 3 is 2.75 bits per heavy atom. The van der Waals surface area contributed by atoms with Gasteiger partial charge in [-0.25, -0.2) is 4.39 Å². The van der Waals surface area contributed by atoms with Crippen LogP contribution in [-0.4, -0.2) is 11.0 Å². The molecule has 4 nitrogen and oxygen atoms in total. The van der Waals surface area contributed by atoms with E-state index in [0.717, 1.165) is 12.5 Å². The molecule has 2 unspecified atom stereocenters. The normalized spacial score (nSPS) is 22.9. The van der Waals surface area contributed by atoms with Crippen LogP contribution in [0.2, 0.25) is 0 Å². The predicted octanol–water partition coefficient (Wildman–Crippen LogP) is 3.32. The first-order valence-electron chi connectivity index (χ1n) is 4.89. The average molecular weight is 289 g/mol. The standard InChI is InChI=1S/C10H10BrFN2O2/c1-5-2-8(5)13-9-3-6(11)7(12)4-10(9)14(15)16/h3-5,8,13H,2H2,1H3. The molecular formula is C10H10BrFN2O2. The molecule has 1 saturated carbocycles. The third-order valence-corrected chi connectivity index (χ3v) is 3.29. The lowest BCUT2D eigenvalue weighted by Crippen LogP contribution is -2.06. The highest BCUT2D eigenvalue weighted by Gasteiger charge is 2.34. The van der Waals surface area contributed by atoms with Crippen molar-refractivity contribution in [3.63, 3.8) is 0 Å². The summed E-state index contributed by atoms with van der Waals surface area (Å²) in [5.74, 6) is -0.107. The van der Waals surface area contributed by atoms with Gasteiger partial charge in [-0.3, -0.25) is 10.1 Å². The van der Waals surface area contributed by atoms with Crippen molar-refractivity contribution >= 4 is 27.3 Å². The molecule has 0 heterocycles. The predicted molar refractivity (Wildman–Crippen MR) is 61.9 cm³/mol. The van der Waals surface area contributed by atoms with Crippen LogP contribution in [0.15, 0.2) is 16.6 Å². The van der Waals surface area contributed by atoms with E-state index in [9.17, 15) is 14.5 Å². The van der Waals surface area contributed by atoms with Crippen molar-refractivity contribution < 1.29 is 9.31 Å². The molecule has 1 fully saturated rings. The summed E-state index contributed by atoms with van der Waals surface area (Å²) in [5, 5.41) is 13.8. The molecule has 1 aromatic carbocycles. The van der Waals surface area contributed by atoms with E-state index in [-0.39, 0.29) is 16.2 Å². The molecule has 0 bridgehead atoms. The number of hydrogen-bond acceptors (Lipinski definition) is 3. The van der Waals surface area contributed by atoms with E-state index in [1.54, 1.807) is 0 Å². The Hall–Kier alpha value is -1.17. The first-order valence-corrected chi connectivity index (χ1v) is 5.68. The van der Waals surface area contributed by atoms with Gasteiger partial charge < -0.3 is 5.32 Å². The summed E-state index contributed by atoms with van der Waals surface area (Å²) in [6.07, 6.45) is 0.992. The maximum absolute atomic E-state index is 13.2. The van der Waals surface area contributed by atoms with Gasteiger partial charge in [0.25, 0.3) is 5.69 Å². The lowest BCUT2D eigenvalue weighted by Gasteiger charge is -2.07. The summed E-state index contributed by atoms with van der Waals surface area (Å²) in [7, 11) is 0. The van der Waals surface area contributed by atoms with Crippen LogP contribution in [0.3, 0.4) is 0 Å². The van der Waals surface area contributed by atoms with Crippen LogP contribution in [0, 0.1) is 21.8 Å². The molecule has 2 rings (SSSR count). The van der Waals surface area contributed by atoms with Crippen LogP contribution in [0.1, 0.15) is 13.3 Å². The van der Waals surface area contributed by atoms with Crippen molar-refractivity contribution in [1.29, 1.82) is 0 Å². The first kappa shape index (κ1) is 11.3. The number of nitro groups is 1. The van der Waals surface area contributed by atoms with Crippen molar-refractivity contribution in [1.82, 2.24) is 0 Å². The number of nitrogens with zero attached hydrogens (tertiary/aromatic N) is 1. The highest BCUT2D eigenvalue weighted by atomic mass is 79.9.